The van der Waals surface area contributed by atoms with Gasteiger partial charge in [-0.05, 0) is 30.5 Å². The van der Waals surface area contributed by atoms with Gasteiger partial charge in [0.1, 0.15) is 0 Å². The second kappa shape index (κ2) is 7.42. The smallest absolute Gasteiger partial charge is 0.0716 e. The van der Waals surface area contributed by atoms with E-state index in [0.717, 1.165) is 26.3 Å². The Bertz CT molecular complexity index is 279. The Morgan fingerprint density at radius 2 is 1.75 bits per heavy atom. The van der Waals surface area contributed by atoms with Crippen LogP contribution in [-0.4, -0.2) is 13.2 Å². The minimum absolute atomic E-state index is 0.706. The molecule has 0 spiro atoms. The van der Waals surface area contributed by atoms with E-state index in [1.54, 1.807) is 0 Å². The van der Waals surface area contributed by atoms with Crippen LogP contribution in [0.25, 0.3) is 0 Å². The van der Waals surface area contributed by atoms with Crippen molar-refractivity contribution in [3.8, 4) is 0 Å². The van der Waals surface area contributed by atoms with Gasteiger partial charge < -0.3 is 10.1 Å². The molecule has 0 fully saturated rings. The van der Waals surface area contributed by atoms with Crippen molar-refractivity contribution < 1.29 is 4.74 Å². The van der Waals surface area contributed by atoms with Crippen LogP contribution in [0.3, 0.4) is 0 Å². The van der Waals surface area contributed by atoms with Crippen molar-refractivity contribution in [1.29, 1.82) is 0 Å². The van der Waals surface area contributed by atoms with Crippen LogP contribution in [0.5, 0.6) is 0 Å². The lowest BCUT2D eigenvalue weighted by atomic mass is 10.1. The molecule has 2 nitrogen and oxygen atoms in total. The second-order valence-corrected chi connectivity index (χ2v) is 4.48. The highest BCUT2D eigenvalue weighted by Crippen LogP contribution is 2.05. The van der Waals surface area contributed by atoms with Gasteiger partial charge in [-0.25, -0.2) is 0 Å². The average molecular weight is 221 g/mol. The zero-order valence-corrected chi connectivity index (χ0v) is 10.6. The maximum absolute atomic E-state index is 5.36. The van der Waals surface area contributed by atoms with Crippen molar-refractivity contribution in [3.63, 3.8) is 0 Å². The van der Waals surface area contributed by atoms with E-state index in [-0.39, 0.29) is 0 Å². The Morgan fingerprint density at radius 1 is 1.12 bits per heavy atom. The molecule has 0 amide bonds. The molecule has 0 aliphatic heterocycles. The number of benzene rings is 1. The predicted molar refractivity (Wildman–Crippen MR) is 68.3 cm³/mol. The van der Waals surface area contributed by atoms with Gasteiger partial charge in [0.25, 0.3) is 0 Å². The van der Waals surface area contributed by atoms with Gasteiger partial charge in [-0.2, -0.15) is 0 Å². The number of rotatable bonds is 7. The van der Waals surface area contributed by atoms with Gasteiger partial charge in [0.2, 0.25) is 0 Å². The molecule has 16 heavy (non-hydrogen) atoms. The van der Waals surface area contributed by atoms with Crippen LogP contribution in [0.4, 0.5) is 0 Å². The first-order valence-corrected chi connectivity index (χ1v) is 6.08. The van der Waals surface area contributed by atoms with Crippen molar-refractivity contribution in [2.24, 2.45) is 5.92 Å². The van der Waals surface area contributed by atoms with Gasteiger partial charge >= 0.3 is 0 Å². The van der Waals surface area contributed by atoms with E-state index >= 15 is 0 Å². The maximum Gasteiger partial charge on any atom is 0.0716 e. The number of nitrogens with one attached hydrogen (secondary N) is 1. The predicted octanol–water partition coefficient (Wildman–Crippen LogP) is 2.97. The zero-order valence-electron chi connectivity index (χ0n) is 10.6. The molecule has 1 aromatic rings. The molecule has 0 heterocycles. The van der Waals surface area contributed by atoms with E-state index in [9.17, 15) is 0 Å². The first-order valence-electron chi connectivity index (χ1n) is 6.08. The molecule has 0 unspecified atom stereocenters. The largest absolute Gasteiger partial charge is 0.377 e. The molecule has 0 atom stereocenters. The molecule has 0 aliphatic rings. The quantitative estimate of drug-likeness (QED) is 0.764. The van der Waals surface area contributed by atoms with E-state index in [2.05, 4.69) is 43.4 Å². The number of hydrogen-bond donors (Lipinski definition) is 1. The Labute approximate surface area is 99.0 Å². The van der Waals surface area contributed by atoms with Crippen molar-refractivity contribution in [3.05, 3.63) is 35.4 Å². The standard InChI is InChI=1S/C14H23NO/c1-4-16-11-14-7-5-13(6-8-14)10-15-9-12(2)3/h5-8,12,15H,4,9-11H2,1-3H3. The van der Waals surface area contributed by atoms with E-state index < -0.39 is 0 Å². The molecule has 0 saturated carbocycles. The summed E-state index contributed by atoms with van der Waals surface area (Å²) in [6, 6.07) is 8.62. The summed E-state index contributed by atoms with van der Waals surface area (Å²) in [5.41, 5.74) is 2.58. The Balaban J connectivity index is 2.33. The second-order valence-electron chi connectivity index (χ2n) is 4.48. The third-order valence-corrected chi connectivity index (χ3v) is 2.38. The fraction of sp³-hybridized carbons (Fsp3) is 0.571. The summed E-state index contributed by atoms with van der Waals surface area (Å²) >= 11 is 0. The van der Waals surface area contributed by atoms with Gasteiger partial charge in [-0.3, -0.25) is 0 Å². The summed E-state index contributed by atoms with van der Waals surface area (Å²) in [5, 5.41) is 3.43. The number of ether oxygens (including phenoxy) is 1. The highest BCUT2D eigenvalue weighted by atomic mass is 16.5. The van der Waals surface area contributed by atoms with Crippen LogP contribution in [-0.2, 0) is 17.9 Å². The minimum atomic E-state index is 0.706. The normalized spacial score (nSPS) is 11.0. The van der Waals surface area contributed by atoms with Crippen LogP contribution in [0, 0.1) is 5.92 Å². The number of hydrogen-bond acceptors (Lipinski definition) is 2. The summed E-state index contributed by atoms with van der Waals surface area (Å²) in [4.78, 5) is 0. The SMILES string of the molecule is CCOCc1ccc(CNCC(C)C)cc1. The van der Waals surface area contributed by atoms with E-state index in [1.807, 2.05) is 6.92 Å². The van der Waals surface area contributed by atoms with E-state index in [1.165, 1.54) is 11.1 Å². The molecule has 1 rings (SSSR count). The fourth-order valence-corrected chi connectivity index (χ4v) is 1.48. The lowest BCUT2D eigenvalue weighted by Gasteiger charge is -2.08. The lowest BCUT2D eigenvalue weighted by molar-refractivity contribution is 0.134. The monoisotopic (exact) mass is 221 g/mol. The van der Waals surface area contributed by atoms with Gasteiger partial charge in [0.05, 0.1) is 6.61 Å². The third-order valence-electron chi connectivity index (χ3n) is 2.38. The van der Waals surface area contributed by atoms with Crippen molar-refractivity contribution in [1.82, 2.24) is 5.32 Å². The average Bonchev–Trinajstić information content (AvgIpc) is 2.27. The van der Waals surface area contributed by atoms with E-state index in [4.69, 9.17) is 4.74 Å². The van der Waals surface area contributed by atoms with Crippen LogP contribution in [0.1, 0.15) is 31.9 Å². The minimum Gasteiger partial charge on any atom is -0.377 e. The van der Waals surface area contributed by atoms with Crippen LogP contribution in [0.2, 0.25) is 0 Å². The molecule has 0 saturated heterocycles. The van der Waals surface area contributed by atoms with Gasteiger partial charge in [-0.1, -0.05) is 38.1 Å². The molecule has 1 N–H and O–H groups in total. The zero-order chi connectivity index (χ0) is 11.8. The highest BCUT2D eigenvalue weighted by molar-refractivity contribution is 5.21. The Morgan fingerprint density at radius 3 is 2.31 bits per heavy atom. The topological polar surface area (TPSA) is 21.3 Å². The Kier molecular flexibility index (Phi) is 6.12. The molecule has 1 aromatic carbocycles. The summed E-state index contributed by atoms with van der Waals surface area (Å²) in [7, 11) is 0. The molecule has 0 bridgehead atoms. The van der Waals surface area contributed by atoms with Gasteiger partial charge in [-0.15, -0.1) is 0 Å². The maximum atomic E-state index is 5.36. The van der Waals surface area contributed by atoms with Crippen LogP contribution >= 0.6 is 0 Å². The molecule has 0 aliphatic carbocycles. The molecule has 0 radical (unpaired) electrons. The van der Waals surface area contributed by atoms with Crippen molar-refractivity contribution in [2.45, 2.75) is 33.9 Å². The highest BCUT2D eigenvalue weighted by Gasteiger charge is 1.96. The summed E-state index contributed by atoms with van der Waals surface area (Å²) in [5.74, 6) is 0.706. The van der Waals surface area contributed by atoms with Crippen LogP contribution < -0.4 is 5.32 Å². The first kappa shape index (κ1) is 13.2. The summed E-state index contributed by atoms with van der Waals surface area (Å²) in [6.07, 6.45) is 0. The molecular weight excluding hydrogens is 198 g/mol. The van der Waals surface area contributed by atoms with Crippen molar-refractivity contribution >= 4 is 0 Å². The molecular formula is C14H23NO. The van der Waals surface area contributed by atoms with E-state index in [0.29, 0.717) is 5.92 Å². The molecule has 2 heteroatoms. The first-order chi connectivity index (χ1) is 7.72. The van der Waals surface area contributed by atoms with Gasteiger partial charge in [0.15, 0.2) is 0 Å². The molecule has 0 aromatic heterocycles. The fourth-order valence-electron chi connectivity index (χ4n) is 1.48. The summed E-state index contributed by atoms with van der Waals surface area (Å²) < 4.78 is 5.36. The Hall–Kier alpha value is -0.860. The summed E-state index contributed by atoms with van der Waals surface area (Å²) in [6.45, 7) is 9.97. The third kappa shape index (κ3) is 5.29. The molecule has 90 valence electrons. The lowest BCUT2D eigenvalue weighted by Crippen LogP contribution is -2.18. The van der Waals surface area contributed by atoms with Gasteiger partial charge in [0, 0.05) is 13.2 Å². The van der Waals surface area contributed by atoms with Crippen LogP contribution in [0.15, 0.2) is 24.3 Å². The van der Waals surface area contributed by atoms with Crippen molar-refractivity contribution in [2.75, 3.05) is 13.2 Å².